The van der Waals surface area contributed by atoms with Crippen molar-refractivity contribution in [3.63, 3.8) is 0 Å². The van der Waals surface area contributed by atoms with E-state index < -0.39 is 10.0 Å². The number of carbonyl (C=O) groups is 1. The summed E-state index contributed by atoms with van der Waals surface area (Å²) in [6, 6.07) is 15.2. The van der Waals surface area contributed by atoms with E-state index in [1.165, 1.54) is 26.2 Å². The van der Waals surface area contributed by atoms with Crippen LogP contribution in [0.1, 0.15) is 21.7 Å². The first-order valence-corrected chi connectivity index (χ1v) is 10.1. The first kappa shape index (κ1) is 19.8. The summed E-state index contributed by atoms with van der Waals surface area (Å²) in [7, 11) is -0.639. The summed E-state index contributed by atoms with van der Waals surface area (Å²) in [5, 5.41) is 7.16. The van der Waals surface area contributed by atoms with Gasteiger partial charge < -0.3 is 5.32 Å². The number of nitrogens with one attached hydrogen (secondary N) is 1. The van der Waals surface area contributed by atoms with Crippen LogP contribution in [0.4, 0.5) is 5.69 Å². The molecule has 0 aliphatic heterocycles. The molecule has 0 saturated carbocycles. The molecule has 0 fully saturated rings. The van der Waals surface area contributed by atoms with E-state index in [2.05, 4.69) is 10.4 Å². The Morgan fingerprint density at radius 2 is 1.71 bits per heavy atom. The SMILES string of the molecule is Cc1cc(C)n(-c2ccc(C(=O)Nc3cccc(S(=O)(=O)N(C)C)c3)cc2)n1. The van der Waals surface area contributed by atoms with Gasteiger partial charge in [0.25, 0.3) is 5.91 Å². The number of rotatable bonds is 5. The van der Waals surface area contributed by atoms with Gasteiger partial charge in [-0.3, -0.25) is 4.79 Å². The topological polar surface area (TPSA) is 84.3 Å². The maximum atomic E-state index is 12.5. The smallest absolute Gasteiger partial charge is 0.255 e. The highest BCUT2D eigenvalue weighted by atomic mass is 32.2. The first-order valence-electron chi connectivity index (χ1n) is 8.66. The minimum Gasteiger partial charge on any atom is -0.322 e. The highest BCUT2D eigenvalue weighted by Crippen LogP contribution is 2.19. The summed E-state index contributed by atoms with van der Waals surface area (Å²) in [5.74, 6) is -0.320. The van der Waals surface area contributed by atoms with Gasteiger partial charge in [-0.1, -0.05) is 6.07 Å². The van der Waals surface area contributed by atoms with E-state index in [0.29, 0.717) is 11.3 Å². The Bertz CT molecular complexity index is 1120. The highest BCUT2D eigenvalue weighted by molar-refractivity contribution is 7.89. The van der Waals surface area contributed by atoms with Crippen LogP contribution in [-0.2, 0) is 10.0 Å². The van der Waals surface area contributed by atoms with Crippen LogP contribution in [0.5, 0.6) is 0 Å². The van der Waals surface area contributed by atoms with Crippen LogP contribution in [0.3, 0.4) is 0 Å². The predicted octanol–water partition coefficient (Wildman–Crippen LogP) is 2.99. The van der Waals surface area contributed by atoms with E-state index >= 15 is 0 Å². The molecule has 1 heterocycles. The lowest BCUT2D eigenvalue weighted by Crippen LogP contribution is -2.22. The van der Waals surface area contributed by atoms with Gasteiger partial charge in [0.05, 0.1) is 16.3 Å². The predicted molar refractivity (Wildman–Crippen MR) is 108 cm³/mol. The number of amides is 1. The zero-order chi connectivity index (χ0) is 20.5. The molecule has 3 rings (SSSR count). The van der Waals surface area contributed by atoms with Gasteiger partial charge in [0, 0.05) is 31.0 Å². The average molecular weight is 398 g/mol. The van der Waals surface area contributed by atoms with Gasteiger partial charge in [0.2, 0.25) is 10.0 Å². The number of nitrogens with zero attached hydrogens (tertiary/aromatic N) is 3. The Kier molecular flexibility index (Phi) is 5.35. The van der Waals surface area contributed by atoms with E-state index in [1.807, 2.05) is 36.7 Å². The van der Waals surface area contributed by atoms with Gasteiger partial charge in [0.1, 0.15) is 0 Å². The molecular weight excluding hydrogens is 376 g/mol. The minimum absolute atomic E-state index is 0.121. The molecule has 0 bridgehead atoms. The minimum atomic E-state index is -3.57. The van der Waals surface area contributed by atoms with E-state index in [4.69, 9.17) is 0 Å². The lowest BCUT2D eigenvalue weighted by atomic mass is 10.2. The second kappa shape index (κ2) is 7.57. The number of sulfonamides is 1. The third kappa shape index (κ3) is 3.97. The molecule has 2 aromatic carbocycles. The van der Waals surface area contributed by atoms with Gasteiger partial charge in [-0.05, 0) is 62.4 Å². The number of anilines is 1. The van der Waals surface area contributed by atoms with E-state index in [9.17, 15) is 13.2 Å². The lowest BCUT2D eigenvalue weighted by Gasteiger charge is -2.13. The molecule has 0 unspecified atom stereocenters. The molecule has 28 heavy (non-hydrogen) atoms. The van der Waals surface area contributed by atoms with E-state index in [0.717, 1.165) is 21.4 Å². The Labute approximate surface area is 164 Å². The third-order valence-corrected chi connectivity index (χ3v) is 6.07. The third-order valence-electron chi connectivity index (χ3n) is 4.25. The second-order valence-electron chi connectivity index (χ2n) is 6.66. The zero-order valence-electron chi connectivity index (χ0n) is 16.2. The number of hydrogen-bond donors (Lipinski definition) is 1. The van der Waals surface area contributed by atoms with Gasteiger partial charge in [0.15, 0.2) is 0 Å². The number of aryl methyl sites for hydroxylation is 2. The van der Waals surface area contributed by atoms with Crippen molar-refractivity contribution >= 4 is 21.6 Å². The number of hydrogen-bond acceptors (Lipinski definition) is 4. The molecule has 146 valence electrons. The molecule has 0 spiro atoms. The van der Waals surface area contributed by atoms with Crippen molar-refractivity contribution < 1.29 is 13.2 Å². The molecular formula is C20H22N4O3S. The van der Waals surface area contributed by atoms with Crippen molar-refractivity contribution in [2.24, 2.45) is 0 Å². The molecule has 0 aliphatic carbocycles. The zero-order valence-corrected chi connectivity index (χ0v) is 17.0. The Balaban J connectivity index is 1.79. The van der Waals surface area contributed by atoms with E-state index in [-0.39, 0.29) is 10.8 Å². The van der Waals surface area contributed by atoms with Crippen LogP contribution >= 0.6 is 0 Å². The van der Waals surface area contributed by atoms with Gasteiger partial charge in [-0.15, -0.1) is 0 Å². The molecule has 3 aromatic rings. The number of carbonyl (C=O) groups excluding carboxylic acids is 1. The van der Waals surface area contributed by atoms with Crippen molar-refractivity contribution in [3.8, 4) is 5.69 Å². The van der Waals surface area contributed by atoms with Crippen LogP contribution in [0, 0.1) is 13.8 Å². The number of aromatic nitrogens is 2. The normalized spacial score (nSPS) is 11.6. The van der Waals surface area contributed by atoms with Crippen LogP contribution < -0.4 is 5.32 Å². The Hall–Kier alpha value is -2.97. The summed E-state index contributed by atoms with van der Waals surface area (Å²) in [6.07, 6.45) is 0. The summed E-state index contributed by atoms with van der Waals surface area (Å²) < 4.78 is 27.4. The summed E-state index contributed by atoms with van der Waals surface area (Å²) in [5.41, 5.74) is 3.67. The monoisotopic (exact) mass is 398 g/mol. The molecule has 8 heteroatoms. The molecule has 1 N–H and O–H groups in total. The van der Waals surface area contributed by atoms with Crippen LogP contribution in [0.15, 0.2) is 59.5 Å². The molecule has 1 aromatic heterocycles. The van der Waals surface area contributed by atoms with Crippen LogP contribution in [0.2, 0.25) is 0 Å². The van der Waals surface area contributed by atoms with Crippen molar-refractivity contribution in [3.05, 3.63) is 71.5 Å². The quantitative estimate of drug-likeness (QED) is 0.716. The summed E-state index contributed by atoms with van der Waals surface area (Å²) in [4.78, 5) is 12.7. The fraction of sp³-hybridized carbons (Fsp3) is 0.200. The standard InChI is InChI=1S/C20H22N4O3S/c1-14-12-15(2)24(22-14)18-10-8-16(9-11-18)20(25)21-17-6-5-7-19(13-17)28(26,27)23(3)4/h5-13H,1-4H3,(H,21,25). The van der Waals surface area contributed by atoms with Crippen molar-refractivity contribution in [1.29, 1.82) is 0 Å². The average Bonchev–Trinajstić information content (AvgIpc) is 3.00. The number of benzene rings is 2. The van der Waals surface area contributed by atoms with E-state index in [1.54, 1.807) is 24.3 Å². The molecule has 0 saturated heterocycles. The summed E-state index contributed by atoms with van der Waals surface area (Å²) in [6.45, 7) is 3.89. The molecule has 0 aliphatic rings. The second-order valence-corrected chi connectivity index (χ2v) is 8.81. The van der Waals surface area contributed by atoms with Crippen molar-refractivity contribution in [2.45, 2.75) is 18.7 Å². The summed E-state index contributed by atoms with van der Waals surface area (Å²) >= 11 is 0. The molecule has 1 amide bonds. The largest absolute Gasteiger partial charge is 0.322 e. The molecule has 0 atom stereocenters. The maximum Gasteiger partial charge on any atom is 0.255 e. The maximum absolute atomic E-state index is 12.5. The van der Waals surface area contributed by atoms with Crippen molar-refractivity contribution in [1.82, 2.24) is 14.1 Å². The highest BCUT2D eigenvalue weighted by Gasteiger charge is 2.18. The molecule has 7 nitrogen and oxygen atoms in total. The first-order chi connectivity index (χ1) is 13.2. The van der Waals surface area contributed by atoms with Crippen LogP contribution in [-0.4, -0.2) is 42.5 Å². The molecule has 0 radical (unpaired) electrons. The Morgan fingerprint density at radius 3 is 2.29 bits per heavy atom. The Morgan fingerprint density at radius 1 is 1.04 bits per heavy atom. The lowest BCUT2D eigenvalue weighted by molar-refractivity contribution is 0.102. The van der Waals surface area contributed by atoms with Gasteiger partial charge in [-0.2, -0.15) is 5.10 Å². The van der Waals surface area contributed by atoms with Crippen LogP contribution in [0.25, 0.3) is 5.69 Å². The van der Waals surface area contributed by atoms with Crippen molar-refractivity contribution in [2.75, 3.05) is 19.4 Å². The van der Waals surface area contributed by atoms with Gasteiger partial charge in [-0.25, -0.2) is 17.4 Å². The van der Waals surface area contributed by atoms with Gasteiger partial charge >= 0.3 is 0 Å². The fourth-order valence-corrected chi connectivity index (χ4v) is 3.74. The fourth-order valence-electron chi connectivity index (χ4n) is 2.79.